The maximum atomic E-state index is 10.4. The molecule has 1 aliphatic heterocycles. The number of aliphatic carboxylic acids is 1. The Morgan fingerprint density at radius 1 is 1.40 bits per heavy atom. The van der Waals surface area contributed by atoms with Crippen molar-refractivity contribution in [2.24, 2.45) is 11.8 Å². The van der Waals surface area contributed by atoms with Crippen LogP contribution >= 0.6 is 0 Å². The lowest BCUT2D eigenvalue weighted by molar-refractivity contribution is -0.139. The monoisotopic (exact) mass is 215 g/mol. The third-order valence-electron chi connectivity index (χ3n) is 2.82. The Bertz CT molecular complexity index is 210. The van der Waals surface area contributed by atoms with Crippen molar-refractivity contribution in [1.29, 1.82) is 0 Å². The van der Waals surface area contributed by atoms with E-state index in [0.717, 1.165) is 13.1 Å². The number of carboxylic acids is 1. The van der Waals surface area contributed by atoms with Gasteiger partial charge in [-0.05, 0) is 18.3 Å². The lowest BCUT2D eigenvalue weighted by Gasteiger charge is -2.35. The van der Waals surface area contributed by atoms with Crippen LogP contribution in [0.25, 0.3) is 0 Å². The Balaban J connectivity index is 2.33. The van der Waals surface area contributed by atoms with Crippen molar-refractivity contribution in [2.45, 2.75) is 32.8 Å². The Morgan fingerprint density at radius 3 is 2.40 bits per heavy atom. The first-order chi connectivity index (χ1) is 6.97. The second-order valence-corrected chi connectivity index (χ2v) is 4.92. The molecule has 0 aromatic rings. The largest absolute Gasteiger partial charge is 0.481 e. The predicted octanol–water partition coefficient (Wildman–Crippen LogP) is 0.800. The molecule has 0 amide bonds. The number of β-amino-alcohol motifs (C(OH)–C–C–N with tert-alkyl or cyclic N) is 1. The highest BCUT2D eigenvalue weighted by atomic mass is 16.4. The average molecular weight is 215 g/mol. The standard InChI is InChI=1S/C11H21NO3/c1-8-3-9(2)6-12(5-8)7-10(13)4-11(14)15/h8-10,13H,3-7H2,1-2H3,(H,14,15). The molecule has 2 N–H and O–H groups in total. The maximum absolute atomic E-state index is 10.4. The van der Waals surface area contributed by atoms with E-state index in [9.17, 15) is 9.90 Å². The van der Waals surface area contributed by atoms with E-state index in [1.807, 2.05) is 0 Å². The van der Waals surface area contributed by atoms with Gasteiger partial charge in [-0.3, -0.25) is 4.79 Å². The summed E-state index contributed by atoms with van der Waals surface area (Å²) in [6.45, 7) is 6.83. The second kappa shape index (κ2) is 5.47. The van der Waals surface area contributed by atoms with Crippen LogP contribution in [0.5, 0.6) is 0 Å². The first-order valence-electron chi connectivity index (χ1n) is 5.59. The van der Waals surface area contributed by atoms with Gasteiger partial charge in [0.05, 0.1) is 12.5 Å². The van der Waals surface area contributed by atoms with Gasteiger partial charge in [0, 0.05) is 19.6 Å². The molecule has 1 fully saturated rings. The molecule has 0 radical (unpaired) electrons. The van der Waals surface area contributed by atoms with Gasteiger partial charge in [0.25, 0.3) is 0 Å². The summed E-state index contributed by atoms with van der Waals surface area (Å²) in [5, 5.41) is 18.1. The van der Waals surface area contributed by atoms with E-state index in [1.54, 1.807) is 0 Å². The fraction of sp³-hybridized carbons (Fsp3) is 0.909. The third-order valence-corrected chi connectivity index (χ3v) is 2.82. The van der Waals surface area contributed by atoms with Gasteiger partial charge in [0.1, 0.15) is 0 Å². The fourth-order valence-electron chi connectivity index (χ4n) is 2.51. The van der Waals surface area contributed by atoms with E-state index in [1.165, 1.54) is 6.42 Å². The number of carboxylic acid groups (broad SMARTS) is 1. The highest BCUT2D eigenvalue weighted by Gasteiger charge is 2.23. The van der Waals surface area contributed by atoms with Crippen LogP contribution < -0.4 is 0 Å². The van der Waals surface area contributed by atoms with Gasteiger partial charge >= 0.3 is 5.97 Å². The molecular formula is C11H21NO3. The van der Waals surface area contributed by atoms with Crippen LogP contribution in [-0.4, -0.2) is 46.8 Å². The van der Waals surface area contributed by atoms with Gasteiger partial charge in [-0.1, -0.05) is 13.8 Å². The average Bonchev–Trinajstić information content (AvgIpc) is 1.98. The van der Waals surface area contributed by atoms with Crippen molar-refractivity contribution in [3.63, 3.8) is 0 Å². The number of hydrogen-bond donors (Lipinski definition) is 2. The van der Waals surface area contributed by atoms with Crippen LogP contribution in [0, 0.1) is 11.8 Å². The van der Waals surface area contributed by atoms with Gasteiger partial charge in [-0.25, -0.2) is 0 Å². The van der Waals surface area contributed by atoms with Crippen LogP contribution in [0.15, 0.2) is 0 Å². The molecule has 0 aliphatic carbocycles. The number of rotatable bonds is 4. The molecule has 0 aromatic carbocycles. The third kappa shape index (κ3) is 4.62. The van der Waals surface area contributed by atoms with Crippen LogP contribution in [0.4, 0.5) is 0 Å². The zero-order chi connectivity index (χ0) is 11.4. The number of aliphatic hydroxyl groups excluding tert-OH is 1. The number of likely N-dealkylation sites (tertiary alicyclic amines) is 1. The number of carbonyl (C=O) groups is 1. The second-order valence-electron chi connectivity index (χ2n) is 4.92. The van der Waals surface area contributed by atoms with E-state index in [-0.39, 0.29) is 6.42 Å². The van der Waals surface area contributed by atoms with Crippen LogP contribution in [0.1, 0.15) is 26.7 Å². The summed E-state index contributed by atoms with van der Waals surface area (Å²) in [5.74, 6) is 0.358. The van der Waals surface area contributed by atoms with Crippen LogP contribution in [0.2, 0.25) is 0 Å². The molecule has 1 saturated heterocycles. The van der Waals surface area contributed by atoms with Crippen molar-refractivity contribution in [3.05, 3.63) is 0 Å². The van der Waals surface area contributed by atoms with E-state index in [2.05, 4.69) is 18.7 Å². The molecular weight excluding hydrogens is 194 g/mol. The first kappa shape index (κ1) is 12.5. The van der Waals surface area contributed by atoms with Crippen LogP contribution in [-0.2, 0) is 4.79 Å². The van der Waals surface area contributed by atoms with Crippen molar-refractivity contribution < 1.29 is 15.0 Å². The molecule has 0 saturated carbocycles. The molecule has 3 unspecified atom stereocenters. The molecule has 1 heterocycles. The van der Waals surface area contributed by atoms with Crippen molar-refractivity contribution in [2.75, 3.05) is 19.6 Å². The number of aliphatic hydroxyl groups is 1. The summed E-state index contributed by atoms with van der Waals surface area (Å²) in [7, 11) is 0. The first-order valence-corrected chi connectivity index (χ1v) is 5.59. The summed E-state index contributed by atoms with van der Waals surface area (Å²) < 4.78 is 0. The minimum absolute atomic E-state index is 0.154. The SMILES string of the molecule is CC1CC(C)CN(CC(O)CC(=O)O)C1. The van der Waals surface area contributed by atoms with Crippen molar-refractivity contribution in [1.82, 2.24) is 4.90 Å². The van der Waals surface area contributed by atoms with Gasteiger partial charge in [0.2, 0.25) is 0 Å². The summed E-state index contributed by atoms with van der Waals surface area (Å²) in [5.41, 5.74) is 0. The van der Waals surface area contributed by atoms with Gasteiger partial charge < -0.3 is 15.1 Å². The Hall–Kier alpha value is -0.610. The quantitative estimate of drug-likeness (QED) is 0.728. The Kier molecular flexibility index (Phi) is 4.54. The van der Waals surface area contributed by atoms with Gasteiger partial charge in [-0.15, -0.1) is 0 Å². The minimum atomic E-state index is -0.930. The topological polar surface area (TPSA) is 60.8 Å². The zero-order valence-corrected chi connectivity index (χ0v) is 9.52. The zero-order valence-electron chi connectivity index (χ0n) is 9.52. The fourth-order valence-corrected chi connectivity index (χ4v) is 2.51. The minimum Gasteiger partial charge on any atom is -0.481 e. The summed E-state index contributed by atoms with van der Waals surface area (Å²) in [4.78, 5) is 12.6. The lowest BCUT2D eigenvalue weighted by atomic mass is 9.91. The molecule has 4 heteroatoms. The number of nitrogens with zero attached hydrogens (tertiary/aromatic N) is 1. The van der Waals surface area contributed by atoms with Crippen molar-refractivity contribution >= 4 is 5.97 Å². The lowest BCUT2D eigenvalue weighted by Crippen LogP contribution is -2.43. The highest BCUT2D eigenvalue weighted by molar-refractivity contribution is 5.67. The molecule has 1 aliphatic rings. The molecule has 0 bridgehead atoms. The van der Waals surface area contributed by atoms with E-state index in [0.29, 0.717) is 18.4 Å². The Labute approximate surface area is 90.9 Å². The number of piperidine rings is 1. The van der Waals surface area contributed by atoms with E-state index in [4.69, 9.17) is 5.11 Å². The molecule has 1 rings (SSSR count). The molecule has 3 atom stereocenters. The summed E-state index contributed by atoms with van der Waals surface area (Å²) >= 11 is 0. The number of hydrogen-bond acceptors (Lipinski definition) is 3. The van der Waals surface area contributed by atoms with Gasteiger partial charge in [0.15, 0.2) is 0 Å². The van der Waals surface area contributed by atoms with E-state index < -0.39 is 12.1 Å². The maximum Gasteiger partial charge on any atom is 0.306 e. The molecule has 15 heavy (non-hydrogen) atoms. The summed E-state index contributed by atoms with van der Waals surface area (Å²) in [6, 6.07) is 0. The molecule has 0 spiro atoms. The Morgan fingerprint density at radius 2 is 1.93 bits per heavy atom. The van der Waals surface area contributed by atoms with Crippen molar-refractivity contribution in [3.8, 4) is 0 Å². The van der Waals surface area contributed by atoms with E-state index >= 15 is 0 Å². The molecule has 0 aromatic heterocycles. The normalized spacial score (nSPS) is 30.1. The van der Waals surface area contributed by atoms with Crippen LogP contribution in [0.3, 0.4) is 0 Å². The van der Waals surface area contributed by atoms with Gasteiger partial charge in [-0.2, -0.15) is 0 Å². The predicted molar refractivity (Wildman–Crippen MR) is 57.6 cm³/mol. The smallest absolute Gasteiger partial charge is 0.306 e. The highest BCUT2D eigenvalue weighted by Crippen LogP contribution is 2.21. The summed E-state index contributed by atoms with van der Waals surface area (Å²) in [6.07, 6.45) is 0.338. The molecule has 4 nitrogen and oxygen atoms in total. The molecule has 88 valence electrons.